The van der Waals surface area contributed by atoms with E-state index < -0.39 is 10.0 Å². The average molecular weight is 472 g/mol. The molecule has 0 unspecified atom stereocenters. The maximum absolute atomic E-state index is 13.3. The minimum atomic E-state index is -3.75. The molecule has 2 aliphatic heterocycles. The van der Waals surface area contributed by atoms with Crippen LogP contribution in [0.2, 0.25) is 0 Å². The molecule has 0 bridgehead atoms. The Morgan fingerprint density at radius 2 is 1.82 bits per heavy atom. The zero-order chi connectivity index (χ0) is 23.8. The van der Waals surface area contributed by atoms with Crippen molar-refractivity contribution in [3.8, 4) is 5.75 Å². The quantitative estimate of drug-likeness (QED) is 0.695. The van der Waals surface area contributed by atoms with Gasteiger partial charge in [0.05, 0.1) is 10.6 Å². The molecule has 9 heteroatoms. The van der Waals surface area contributed by atoms with E-state index >= 15 is 0 Å². The molecular formula is C24H29N3O5S. The number of hydrogen-bond acceptors (Lipinski definition) is 5. The molecule has 1 saturated heterocycles. The smallest absolute Gasteiger partial charge is 0.262 e. The molecule has 0 atom stereocenters. The van der Waals surface area contributed by atoms with Crippen molar-refractivity contribution in [3.05, 3.63) is 47.5 Å². The summed E-state index contributed by atoms with van der Waals surface area (Å²) in [5.41, 5.74) is 2.96. The molecule has 4 rings (SSSR count). The molecule has 0 spiro atoms. The molecule has 2 aliphatic rings. The number of fused-ring (bicyclic) bond motifs is 1. The van der Waals surface area contributed by atoms with Crippen molar-refractivity contribution in [1.29, 1.82) is 0 Å². The largest absolute Gasteiger partial charge is 0.482 e. The summed E-state index contributed by atoms with van der Waals surface area (Å²) in [5, 5.41) is 5.64. The Morgan fingerprint density at radius 1 is 1.15 bits per heavy atom. The average Bonchev–Trinajstić information content (AvgIpc) is 2.78. The minimum absolute atomic E-state index is 0.0848. The number of anilines is 2. The van der Waals surface area contributed by atoms with Crippen LogP contribution < -0.4 is 15.4 Å². The molecule has 2 heterocycles. The first-order valence-corrected chi connectivity index (χ1v) is 12.6. The summed E-state index contributed by atoms with van der Waals surface area (Å²) in [6.07, 6.45) is 0.900. The highest BCUT2D eigenvalue weighted by molar-refractivity contribution is 7.89. The second kappa shape index (κ2) is 9.15. The topological polar surface area (TPSA) is 105 Å². The molecule has 2 aromatic carbocycles. The predicted molar refractivity (Wildman–Crippen MR) is 126 cm³/mol. The van der Waals surface area contributed by atoms with Gasteiger partial charge < -0.3 is 15.4 Å². The van der Waals surface area contributed by atoms with Crippen molar-refractivity contribution in [2.75, 3.05) is 30.3 Å². The normalized spacial score (nSPS) is 17.3. The zero-order valence-electron chi connectivity index (χ0n) is 19.1. The van der Waals surface area contributed by atoms with Gasteiger partial charge in [-0.1, -0.05) is 26.0 Å². The van der Waals surface area contributed by atoms with Gasteiger partial charge in [0.1, 0.15) is 5.75 Å². The van der Waals surface area contributed by atoms with Crippen LogP contribution >= 0.6 is 0 Å². The van der Waals surface area contributed by atoms with Gasteiger partial charge in [-0.25, -0.2) is 8.42 Å². The first-order chi connectivity index (χ1) is 15.6. The second-order valence-corrected chi connectivity index (χ2v) is 10.8. The lowest BCUT2D eigenvalue weighted by Crippen LogP contribution is -2.41. The SMILES string of the molecule is Cc1cc2c(cc1S(=O)(=O)N1CCC(C(=O)Nc3ccc(C(C)C)cc3)CC1)OCC(=O)N2. The molecule has 8 nitrogen and oxygen atoms in total. The van der Waals surface area contributed by atoms with E-state index in [1.807, 2.05) is 24.3 Å². The monoisotopic (exact) mass is 471 g/mol. The van der Waals surface area contributed by atoms with E-state index in [2.05, 4.69) is 24.5 Å². The number of ether oxygens (including phenoxy) is 1. The second-order valence-electron chi connectivity index (χ2n) is 8.90. The van der Waals surface area contributed by atoms with Gasteiger partial charge in [-0.2, -0.15) is 4.31 Å². The maximum atomic E-state index is 13.3. The van der Waals surface area contributed by atoms with Crippen LogP contribution in [0, 0.1) is 12.8 Å². The predicted octanol–water partition coefficient (Wildman–Crippen LogP) is 3.49. The summed E-state index contributed by atoms with van der Waals surface area (Å²) in [6.45, 7) is 6.31. The molecule has 2 N–H and O–H groups in total. The lowest BCUT2D eigenvalue weighted by molar-refractivity contribution is -0.121. The fourth-order valence-electron chi connectivity index (χ4n) is 4.19. The van der Waals surface area contributed by atoms with Crippen molar-refractivity contribution in [3.63, 3.8) is 0 Å². The maximum Gasteiger partial charge on any atom is 0.262 e. The van der Waals surface area contributed by atoms with Crippen molar-refractivity contribution < 1.29 is 22.7 Å². The Kier molecular flexibility index (Phi) is 6.45. The highest BCUT2D eigenvalue weighted by Crippen LogP contribution is 2.35. The highest BCUT2D eigenvalue weighted by Gasteiger charge is 2.34. The van der Waals surface area contributed by atoms with Crippen molar-refractivity contribution in [2.24, 2.45) is 5.92 Å². The Labute approximate surface area is 194 Å². The molecule has 1 fully saturated rings. The highest BCUT2D eigenvalue weighted by atomic mass is 32.2. The van der Waals surface area contributed by atoms with Gasteiger partial charge in [0, 0.05) is 30.8 Å². The number of rotatable bonds is 5. The van der Waals surface area contributed by atoms with Crippen LogP contribution in [0.3, 0.4) is 0 Å². The van der Waals surface area contributed by atoms with E-state index in [4.69, 9.17) is 4.74 Å². The molecule has 0 aliphatic carbocycles. The molecule has 0 aromatic heterocycles. The number of amides is 2. The number of sulfonamides is 1. The molecule has 176 valence electrons. The summed E-state index contributed by atoms with van der Waals surface area (Å²) in [4.78, 5) is 24.4. The zero-order valence-corrected chi connectivity index (χ0v) is 19.9. The van der Waals surface area contributed by atoms with Gasteiger partial charge in [-0.15, -0.1) is 0 Å². The number of piperidine rings is 1. The van der Waals surface area contributed by atoms with Crippen molar-refractivity contribution in [2.45, 2.75) is 44.4 Å². The van der Waals surface area contributed by atoms with Crippen LogP contribution in [0.4, 0.5) is 11.4 Å². The Balaban J connectivity index is 1.41. The summed E-state index contributed by atoms with van der Waals surface area (Å²) < 4.78 is 33.4. The third-order valence-electron chi connectivity index (χ3n) is 6.20. The van der Waals surface area contributed by atoms with Gasteiger partial charge in [-0.3, -0.25) is 9.59 Å². The standard InChI is InChI=1S/C24H29N3O5S/c1-15(2)17-4-6-19(7-5-17)25-24(29)18-8-10-27(11-9-18)33(30,31)22-13-21-20(12-16(22)3)26-23(28)14-32-21/h4-7,12-13,15,18H,8-11,14H2,1-3H3,(H,25,29)(H,26,28). The fourth-order valence-corrected chi connectivity index (χ4v) is 5.88. The van der Waals surface area contributed by atoms with E-state index in [-0.39, 0.29) is 42.3 Å². The fraction of sp³-hybridized carbons (Fsp3) is 0.417. The number of benzene rings is 2. The number of carbonyl (C=O) groups excluding carboxylic acids is 2. The Hall–Kier alpha value is -2.91. The van der Waals surface area contributed by atoms with Crippen LogP contribution in [0.1, 0.15) is 43.7 Å². The van der Waals surface area contributed by atoms with E-state index in [9.17, 15) is 18.0 Å². The van der Waals surface area contributed by atoms with Crippen LogP contribution in [-0.4, -0.2) is 44.2 Å². The van der Waals surface area contributed by atoms with Gasteiger partial charge in [0.2, 0.25) is 15.9 Å². The number of nitrogens with one attached hydrogen (secondary N) is 2. The van der Waals surface area contributed by atoms with Gasteiger partial charge in [0.25, 0.3) is 5.91 Å². The van der Waals surface area contributed by atoms with Gasteiger partial charge >= 0.3 is 0 Å². The first kappa shape index (κ1) is 23.3. The number of hydrogen-bond donors (Lipinski definition) is 2. The minimum Gasteiger partial charge on any atom is -0.482 e. The summed E-state index contributed by atoms with van der Waals surface area (Å²) in [7, 11) is -3.75. The molecule has 2 amide bonds. The van der Waals surface area contributed by atoms with Crippen molar-refractivity contribution in [1.82, 2.24) is 4.31 Å². The summed E-state index contributed by atoms with van der Waals surface area (Å²) >= 11 is 0. The Bertz CT molecular complexity index is 1170. The lowest BCUT2D eigenvalue weighted by atomic mass is 9.97. The number of nitrogens with zero attached hydrogens (tertiary/aromatic N) is 1. The van der Waals surface area contributed by atoms with Gasteiger partial charge in [0.15, 0.2) is 6.61 Å². The number of carbonyl (C=O) groups is 2. The van der Waals surface area contributed by atoms with E-state index in [1.54, 1.807) is 13.0 Å². The number of aryl methyl sites for hydroxylation is 1. The summed E-state index contributed by atoms with van der Waals surface area (Å²) in [5.74, 6) is 0.165. The lowest BCUT2D eigenvalue weighted by Gasteiger charge is -2.31. The van der Waals surface area contributed by atoms with E-state index in [1.165, 1.54) is 15.9 Å². The van der Waals surface area contributed by atoms with Crippen LogP contribution in [0.15, 0.2) is 41.3 Å². The first-order valence-electron chi connectivity index (χ1n) is 11.1. The Morgan fingerprint density at radius 3 is 2.45 bits per heavy atom. The molecule has 0 saturated carbocycles. The van der Waals surface area contributed by atoms with Crippen molar-refractivity contribution >= 4 is 33.2 Å². The van der Waals surface area contributed by atoms with E-state index in [0.29, 0.717) is 35.8 Å². The molecule has 0 radical (unpaired) electrons. The third-order valence-corrected chi connectivity index (χ3v) is 8.24. The molecule has 2 aromatic rings. The molecule has 33 heavy (non-hydrogen) atoms. The summed E-state index contributed by atoms with van der Waals surface area (Å²) in [6, 6.07) is 10.9. The third kappa shape index (κ3) is 4.89. The van der Waals surface area contributed by atoms with Crippen LogP contribution in [0.25, 0.3) is 0 Å². The van der Waals surface area contributed by atoms with Crippen LogP contribution in [-0.2, 0) is 19.6 Å². The van der Waals surface area contributed by atoms with Crippen LogP contribution in [0.5, 0.6) is 5.75 Å². The molecular weight excluding hydrogens is 442 g/mol. The van der Waals surface area contributed by atoms with E-state index in [0.717, 1.165) is 5.69 Å². The van der Waals surface area contributed by atoms with Gasteiger partial charge in [-0.05, 0) is 55.0 Å².